The van der Waals surface area contributed by atoms with Crippen molar-refractivity contribution in [1.29, 1.82) is 0 Å². The van der Waals surface area contributed by atoms with Gasteiger partial charge >= 0.3 is 0 Å². The Morgan fingerprint density at radius 2 is 1.74 bits per heavy atom. The van der Waals surface area contributed by atoms with Crippen LogP contribution in [0.5, 0.6) is 0 Å². The summed E-state index contributed by atoms with van der Waals surface area (Å²) in [5.74, 6) is 0.0289. The monoisotopic (exact) mass is 254 g/mol. The number of nitrogens with one attached hydrogen (secondary N) is 1. The number of benzene rings is 2. The SMILES string of the molecule is C[C@@H](CNc1ccc(C(N)=O)cc1)c1ccccc1. The van der Waals surface area contributed by atoms with Gasteiger partial charge in [0, 0.05) is 17.8 Å². The van der Waals surface area contributed by atoms with Gasteiger partial charge < -0.3 is 11.1 Å². The number of amides is 1. The van der Waals surface area contributed by atoms with Crippen molar-refractivity contribution in [2.24, 2.45) is 5.73 Å². The lowest BCUT2D eigenvalue weighted by Gasteiger charge is -2.14. The van der Waals surface area contributed by atoms with E-state index in [9.17, 15) is 4.79 Å². The zero-order valence-corrected chi connectivity index (χ0v) is 11.0. The van der Waals surface area contributed by atoms with E-state index in [-0.39, 0.29) is 0 Å². The van der Waals surface area contributed by atoms with Crippen LogP contribution in [0, 0.1) is 0 Å². The van der Waals surface area contributed by atoms with E-state index in [1.807, 2.05) is 30.3 Å². The van der Waals surface area contributed by atoms with Gasteiger partial charge in [0.05, 0.1) is 0 Å². The zero-order valence-electron chi connectivity index (χ0n) is 11.0. The van der Waals surface area contributed by atoms with Crippen molar-refractivity contribution in [1.82, 2.24) is 0 Å². The third-order valence-electron chi connectivity index (χ3n) is 3.15. The van der Waals surface area contributed by atoms with Gasteiger partial charge in [-0.05, 0) is 35.7 Å². The summed E-state index contributed by atoms with van der Waals surface area (Å²) in [6, 6.07) is 17.6. The highest BCUT2D eigenvalue weighted by atomic mass is 16.1. The molecule has 0 saturated heterocycles. The Morgan fingerprint density at radius 3 is 2.32 bits per heavy atom. The average molecular weight is 254 g/mol. The second-order valence-electron chi connectivity index (χ2n) is 4.63. The largest absolute Gasteiger partial charge is 0.384 e. The normalized spacial score (nSPS) is 11.8. The van der Waals surface area contributed by atoms with Crippen LogP contribution < -0.4 is 11.1 Å². The summed E-state index contributed by atoms with van der Waals surface area (Å²) < 4.78 is 0. The lowest BCUT2D eigenvalue weighted by Crippen LogP contribution is -2.12. The van der Waals surface area contributed by atoms with Crippen LogP contribution in [-0.2, 0) is 0 Å². The number of hydrogen-bond acceptors (Lipinski definition) is 2. The molecule has 98 valence electrons. The molecule has 0 unspecified atom stereocenters. The maximum atomic E-state index is 11.0. The molecule has 2 aromatic rings. The van der Waals surface area contributed by atoms with Gasteiger partial charge in [0.15, 0.2) is 0 Å². The number of primary amides is 1. The number of carbonyl (C=O) groups is 1. The highest BCUT2D eigenvalue weighted by Gasteiger charge is 2.05. The van der Waals surface area contributed by atoms with Crippen molar-refractivity contribution in [3.63, 3.8) is 0 Å². The number of anilines is 1. The first-order chi connectivity index (χ1) is 9.16. The first-order valence-corrected chi connectivity index (χ1v) is 6.35. The zero-order chi connectivity index (χ0) is 13.7. The van der Waals surface area contributed by atoms with E-state index >= 15 is 0 Å². The van der Waals surface area contributed by atoms with Crippen molar-refractivity contribution in [2.45, 2.75) is 12.8 Å². The Bertz CT molecular complexity index is 534. The van der Waals surface area contributed by atoms with Crippen LogP contribution in [0.2, 0.25) is 0 Å². The topological polar surface area (TPSA) is 55.1 Å². The van der Waals surface area contributed by atoms with E-state index in [4.69, 9.17) is 5.73 Å². The molecule has 0 fully saturated rings. The van der Waals surface area contributed by atoms with Gasteiger partial charge in [0.2, 0.25) is 5.91 Å². The molecule has 0 aliphatic heterocycles. The van der Waals surface area contributed by atoms with Crippen molar-refractivity contribution in [2.75, 3.05) is 11.9 Å². The van der Waals surface area contributed by atoms with E-state index in [1.165, 1.54) is 5.56 Å². The molecule has 2 aromatic carbocycles. The van der Waals surface area contributed by atoms with Gasteiger partial charge in [-0.15, -0.1) is 0 Å². The summed E-state index contributed by atoms with van der Waals surface area (Å²) >= 11 is 0. The predicted octanol–water partition coefficient (Wildman–Crippen LogP) is 3.00. The minimum Gasteiger partial charge on any atom is -0.384 e. The summed E-state index contributed by atoms with van der Waals surface area (Å²) in [5, 5.41) is 3.36. The van der Waals surface area contributed by atoms with Crippen LogP contribution in [0.25, 0.3) is 0 Å². The van der Waals surface area contributed by atoms with Crippen molar-refractivity contribution >= 4 is 11.6 Å². The molecule has 0 aromatic heterocycles. The predicted molar refractivity (Wildman–Crippen MR) is 78.3 cm³/mol. The van der Waals surface area contributed by atoms with Crippen LogP contribution in [0.3, 0.4) is 0 Å². The molecule has 0 spiro atoms. The minimum absolute atomic E-state index is 0.399. The maximum Gasteiger partial charge on any atom is 0.248 e. The molecule has 3 nitrogen and oxygen atoms in total. The number of carbonyl (C=O) groups excluding carboxylic acids is 1. The van der Waals surface area contributed by atoms with Crippen LogP contribution in [0.4, 0.5) is 5.69 Å². The molecule has 0 radical (unpaired) electrons. The van der Waals surface area contributed by atoms with Gasteiger partial charge in [-0.3, -0.25) is 4.79 Å². The minimum atomic E-state index is -0.399. The lowest BCUT2D eigenvalue weighted by molar-refractivity contribution is 0.100. The first-order valence-electron chi connectivity index (χ1n) is 6.35. The molecule has 2 rings (SSSR count). The average Bonchev–Trinajstić information content (AvgIpc) is 2.46. The van der Waals surface area contributed by atoms with Gasteiger partial charge in [-0.25, -0.2) is 0 Å². The fourth-order valence-electron chi connectivity index (χ4n) is 1.92. The Morgan fingerprint density at radius 1 is 1.11 bits per heavy atom. The smallest absolute Gasteiger partial charge is 0.248 e. The number of rotatable bonds is 5. The fraction of sp³-hybridized carbons (Fsp3) is 0.188. The summed E-state index contributed by atoms with van der Waals surface area (Å²) in [5.41, 5.74) is 8.03. The van der Waals surface area contributed by atoms with E-state index in [1.54, 1.807) is 12.1 Å². The fourth-order valence-corrected chi connectivity index (χ4v) is 1.92. The molecule has 19 heavy (non-hydrogen) atoms. The molecule has 1 amide bonds. The molecule has 1 atom stereocenters. The highest BCUT2D eigenvalue weighted by molar-refractivity contribution is 5.93. The first kappa shape index (κ1) is 13.1. The molecule has 0 aliphatic carbocycles. The van der Waals surface area contributed by atoms with Gasteiger partial charge in [-0.1, -0.05) is 37.3 Å². The van der Waals surface area contributed by atoms with E-state index in [0.717, 1.165) is 12.2 Å². The van der Waals surface area contributed by atoms with Crippen LogP contribution in [0.15, 0.2) is 54.6 Å². The molecule has 0 saturated carbocycles. The second kappa shape index (κ2) is 6.05. The van der Waals surface area contributed by atoms with Crippen molar-refractivity contribution in [3.8, 4) is 0 Å². The summed E-state index contributed by atoms with van der Waals surface area (Å²) in [7, 11) is 0. The molecular formula is C16H18N2O. The second-order valence-corrected chi connectivity index (χ2v) is 4.63. The standard InChI is InChI=1S/C16H18N2O/c1-12(13-5-3-2-4-6-13)11-18-15-9-7-14(8-10-15)16(17)19/h2-10,12,18H,11H2,1H3,(H2,17,19)/t12-/m0/s1. The van der Waals surface area contributed by atoms with Gasteiger partial charge in [0.25, 0.3) is 0 Å². The Labute approximate surface area is 113 Å². The van der Waals surface area contributed by atoms with Gasteiger partial charge in [0.1, 0.15) is 0 Å². The maximum absolute atomic E-state index is 11.0. The molecule has 0 heterocycles. The van der Waals surface area contributed by atoms with Crippen LogP contribution in [0.1, 0.15) is 28.8 Å². The van der Waals surface area contributed by atoms with Crippen LogP contribution >= 0.6 is 0 Å². The molecular weight excluding hydrogens is 236 g/mol. The highest BCUT2D eigenvalue weighted by Crippen LogP contribution is 2.16. The number of hydrogen-bond donors (Lipinski definition) is 2. The Balaban J connectivity index is 1.93. The van der Waals surface area contributed by atoms with Crippen molar-refractivity contribution < 1.29 is 4.79 Å². The summed E-state index contributed by atoms with van der Waals surface area (Å²) in [6.07, 6.45) is 0. The molecule has 3 N–H and O–H groups in total. The molecule has 0 bridgehead atoms. The Hall–Kier alpha value is -2.29. The lowest BCUT2D eigenvalue weighted by atomic mass is 10.0. The van der Waals surface area contributed by atoms with Crippen LogP contribution in [-0.4, -0.2) is 12.5 Å². The van der Waals surface area contributed by atoms with E-state index < -0.39 is 5.91 Å². The van der Waals surface area contributed by atoms with Gasteiger partial charge in [-0.2, -0.15) is 0 Å². The Kier molecular flexibility index (Phi) is 4.18. The molecule has 0 aliphatic rings. The summed E-state index contributed by atoms with van der Waals surface area (Å²) in [4.78, 5) is 11.0. The van der Waals surface area contributed by atoms with Crippen molar-refractivity contribution in [3.05, 3.63) is 65.7 Å². The third-order valence-corrected chi connectivity index (χ3v) is 3.15. The van der Waals surface area contributed by atoms with E-state index in [2.05, 4.69) is 24.4 Å². The quantitative estimate of drug-likeness (QED) is 0.861. The molecule has 3 heteroatoms. The number of nitrogens with two attached hydrogens (primary N) is 1. The van der Waals surface area contributed by atoms with E-state index in [0.29, 0.717) is 11.5 Å². The summed E-state index contributed by atoms with van der Waals surface area (Å²) in [6.45, 7) is 3.03. The third kappa shape index (κ3) is 3.58.